The number of aliphatic hydroxyl groups is 1. The van der Waals surface area contributed by atoms with E-state index in [0.717, 1.165) is 11.3 Å². The highest BCUT2D eigenvalue weighted by Crippen LogP contribution is 2.39. The summed E-state index contributed by atoms with van der Waals surface area (Å²) in [5.74, 6) is -1.40. The zero-order chi connectivity index (χ0) is 13.3. The first-order valence-electron chi connectivity index (χ1n) is 4.25. The molecule has 1 heterocycles. The second-order valence-corrected chi connectivity index (χ2v) is 8.24. The fourth-order valence-electron chi connectivity index (χ4n) is 1.01. The van der Waals surface area contributed by atoms with Gasteiger partial charge in [-0.05, 0) is 11.4 Å². The largest absolute Gasteiger partial charge is 0.481 e. The first kappa shape index (κ1) is 14.7. The quantitative estimate of drug-likeness (QED) is 0.802. The fraction of sp³-hybridized carbons (Fsp3) is 0.375. The molecular formula is C8H8Cl2O5S2. The Morgan fingerprint density at radius 3 is 2.53 bits per heavy atom. The van der Waals surface area contributed by atoms with E-state index in [1.807, 2.05) is 0 Å². The van der Waals surface area contributed by atoms with E-state index in [4.69, 9.17) is 28.3 Å². The summed E-state index contributed by atoms with van der Waals surface area (Å²) in [6.45, 7) is 0. The van der Waals surface area contributed by atoms with Crippen LogP contribution in [0.2, 0.25) is 0 Å². The maximum atomic E-state index is 11.9. The summed E-state index contributed by atoms with van der Waals surface area (Å²) < 4.78 is 21.1. The van der Waals surface area contributed by atoms with Gasteiger partial charge in [-0.2, -0.15) is 0 Å². The van der Waals surface area contributed by atoms with Crippen LogP contribution in [0.3, 0.4) is 0 Å². The zero-order valence-corrected chi connectivity index (χ0v) is 11.4. The van der Waals surface area contributed by atoms with Gasteiger partial charge >= 0.3 is 5.97 Å². The molecule has 0 saturated carbocycles. The molecule has 0 radical (unpaired) electrons. The van der Waals surface area contributed by atoms with Crippen LogP contribution in [0.5, 0.6) is 0 Å². The number of thiophene rings is 1. The second-order valence-electron chi connectivity index (χ2n) is 3.11. The normalized spacial score (nSPS) is 14.5. The zero-order valence-electron chi connectivity index (χ0n) is 8.21. The molecule has 1 atom stereocenters. The molecule has 0 aliphatic rings. The van der Waals surface area contributed by atoms with E-state index in [0.29, 0.717) is 0 Å². The van der Waals surface area contributed by atoms with Gasteiger partial charge in [0.1, 0.15) is 10.3 Å². The number of hydrogen-bond acceptors (Lipinski definition) is 5. The minimum Gasteiger partial charge on any atom is -0.481 e. The van der Waals surface area contributed by atoms with Crippen LogP contribution in [0.25, 0.3) is 0 Å². The Balaban J connectivity index is 3.09. The van der Waals surface area contributed by atoms with Crippen molar-refractivity contribution in [2.75, 3.05) is 0 Å². The molecule has 0 bridgehead atoms. The van der Waals surface area contributed by atoms with Gasteiger partial charge in [-0.15, -0.1) is 11.3 Å². The second kappa shape index (κ2) is 5.11. The monoisotopic (exact) mass is 318 g/mol. The lowest BCUT2D eigenvalue weighted by molar-refractivity contribution is -0.139. The van der Waals surface area contributed by atoms with E-state index in [1.54, 1.807) is 0 Å². The van der Waals surface area contributed by atoms with Crippen molar-refractivity contribution in [3.63, 3.8) is 0 Å². The molecule has 0 fully saturated rings. The molecule has 1 aromatic heterocycles. The van der Waals surface area contributed by atoms with E-state index >= 15 is 0 Å². The molecular weight excluding hydrogens is 311 g/mol. The Hall–Kier alpha value is -0.340. The summed E-state index contributed by atoms with van der Waals surface area (Å²) in [6, 6.07) is 2.75. The highest BCUT2D eigenvalue weighted by molar-refractivity contribution is 7.97. The number of carbonyl (C=O) groups is 1. The van der Waals surface area contributed by atoms with Crippen LogP contribution >= 0.6 is 34.5 Å². The third kappa shape index (κ3) is 2.92. The van der Waals surface area contributed by atoms with Crippen LogP contribution in [-0.2, 0) is 14.6 Å². The lowest BCUT2D eigenvalue weighted by Crippen LogP contribution is -2.40. The molecule has 1 rings (SSSR count). The van der Waals surface area contributed by atoms with Gasteiger partial charge in [0.05, 0.1) is 6.42 Å². The van der Waals surface area contributed by atoms with Crippen LogP contribution in [0.15, 0.2) is 21.7 Å². The van der Waals surface area contributed by atoms with Crippen molar-refractivity contribution in [2.45, 2.75) is 20.4 Å². The van der Waals surface area contributed by atoms with E-state index in [9.17, 15) is 18.3 Å². The fourth-order valence-corrected chi connectivity index (χ4v) is 4.42. The minimum atomic E-state index is -4.20. The number of halogens is 2. The number of alkyl halides is 2. The molecule has 96 valence electrons. The van der Waals surface area contributed by atoms with Crippen molar-refractivity contribution < 1.29 is 23.4 Å². The first-order chi connectivity index (χ1) is 7.69. The Bertz CT molecular complexity index is 494. The van der Waals surface area contributed by atoms with Gasteiger partial charge in [0.15, 0.2) is 0 Å². The van der Waals surface area contributed by atoms with E-state index in [-0.39, 0.29) is 4.21 Å². The van der Waals surface area contributed by atoms with Crippen molar-refractivity contribution in [3.8, 4) is 0 Å². The van der Waals surface area contributed by atoms with Gasteiger partial charge in [-0.3, -0.25) is 4.79 Å². The molecule has 0 aliphatic heterocycles. The molecule has 1 aromatic rings. The number of carboxylic acids is 1. The summed E-state index contributed by atoms with van der Waals surface area (Å²) >= 11 is 12.0. The Kier molecular flexibility index (Phi) is 4.43. The number of carboxylic acid groups (broad SMARTS) is 1. The average Bonchev–Trinajstić information content (AvgIpc) is 2.69. The molecule has 0 aliphatic carbocycles. The van der Waals surface area contributed by atoms with Gasteiger partial charge in [-0.1, -0.05) is 29.3 Å². The summed E-state index contributed by atoms with van der Waals surface area (Å²) in [6.07, 6.45) is -2.78. The molecule has 0 saturated heterocycles. The maximum absolute atomic E-state index is 11.9. The molecule has 2 N–H and O–H groups in total. The third-order valence-corrected chi connectivity index (χ3v) is 6.86. The third-order valence-electron chi connectivity index (χ3n) is 1.87. The molecule has 17 heavy (non-hydrogen) atoms. The predicted octanol–water partition coefficient (Wildman–Crippen LogP) is 1.49. The van der Waals surface area contributed by atoms with Crippen molar-refractivity contribution in [1.29, 1.82) is 0 Å². The topological polar surface area (TPSA) is 91.7 Å². The van der Waals surface area contributed by atoms with Crippen LogP contribution < -0.4 is 0 Å². The molecule has 0 aromatic carbocycles. The lowest BCUT2D eigenvalue weighted by Gasteiger charge is -2.23. The number of hydrogen-bond donors (Lipinski definition) is 2. The smallest absolute Gasteiger partial charge is 0.306 e. The van der Waals surface area contributed by atoms with E-state index in [1.165, 1.54) is 17.5 Å². The van der Waals surface area contributed by atoms with Gasteiger partial charge in [0.25, 0.3) is 0 Å². The van der Waals surface area contributed by atoms with Crippen LogP contribution in [0.1, 0.15) is 6.42 Å². The summed E-state index contributed by atoms with van der Waals surface area (Å²) in [5.41, 5.74) is 0. The number of aliphatic carboxylic acids is 1. The van der Waals surface area contributed by atoms with Crippen LogP contribution in [0.4, 0.5) is 0 Å². The number of sulfone groups is 1. The number of rotatable bonds is 5. The molecule has 0 spiro atoms. The Morgan fingerprint density at radius 2 is 2.12 bits per heavy atom. The van der Waals surface area contributed by atoms with E-state index < -0.39 is 32.0 Å². The van der Waals surface area contributed by atoms with Crippen molar-refractivity contribution in [3.05, 3.63) is 17.5 Å². The van der Waals surface area contributed by atoms with Gasteiger partial charge < -0.3 is 10.2 Å². The van der Waals surface area contributed by atoms with Gasteiger partial charge in [-0.25, -0.2) is 8.42 Å². The van der Waals surface area contributed by atoms with Crippen LogP contribution in [-0.4, -0.2) is 34.4 Å². The van der Waals surface area contributed by atoms with Crippen LogP contribution in [0, 0.1) is 0 Å². The number of aliphatic hydroxyl groups excluding tert-OH is 1. The van der Waals surface area contributed by atoms with Gasteiger partial charge in [0.2, 0.25) is 13.5 Å². The highest BCUT2D eigenvalue weighted by Gasteiger charge is 2.49. The maximum Gasteiger partial charge on any atom is 0.306 e. The van der Waals surface area contributed by atoms with Crippen molar-refractivity contribution in [2.24, 2.45) is 0 Å². The first-order valence-corrected chi connectivity index (χ1v) is 7.37. The highest BCUT2D eigenvalue weighted by atomic mass is 35.5. The molecule has 5 nitrogen and oxygen atoms in total. The predicted molar refractivity (Wildman–Crippen MR) is 64.2 cm³/mol. The minimum absolute atomic E-state index is 0.132. The summed E-state index contributed by atoms with van der Waals surface area (Å²) in [4.78, 5) is 10.4. The van der Waals surface area contributed by atoms with Crippen molar-refractivity contribution in [1.82, 2.24) is 0 Å². The Morgan fingerprint density at radius 1 is 1.53 bits per heavy atom. The Labute approximate surface area is 112 Å². The van der Waals surface area contributed by atoms with Gasteiger partial charge in [0, 0.05) is 0 Å². The standard InChI is InChI=1S/C8H8Cl2O5S2/c9-8(10,5(11)4-6(12)13)17(14,15)7-2-1-3-16-7/h1-3,5,11H,4H2,(H,12,13). The SMILES string of the molecule is O=C(O)CC(O)C(Cl)(Cl)S(=O)(=O)c1cccs1. The molecule has 9 heteroatoms. The average molecular weight is 319 g/mol. The van der Waals surface area contributed by atoms with E-state index in [2.05, 4.69) is 0 Å². The lowest BCUT2D eigenvalue weighted by atomic mass is 10.3. The molecule has 0 amide bonds. The summed E-state index contributed by atoms with van der Waals surface area (Å²) in [7, 11) is -4.20. The molecule has 1 unspecified atom stereocenters. The van der Waals surface area contributed by atoms with Crippen molar-refractivity contribution >= 4 is 50.3 Å². The summed E-state index contributed by atoms with van der Waals surface area (Å²) in [5, 5.41) is 19.4.